The first-order chi connectivity index (χ1) is 15.8. The van der Waals surface area contributed by atoms with E-state index in [1.54, 1.807) is 7.05 Å². The number of carbonyl (C=O) groups excluding carboxylic acids is 3. The molecule has 4 rings (SSSR count). The first-order valence-electron chi connectivity index (χ1n) is 9.37. The van der Waals surface area contributed by atoms with E-state index in [2.05, 4.69) is 26.0 Å². The number of β-lactam (4-membered cyclic amide) rings is 1. The van der Waals surface area contributed by atoms with E-state index < -0.39 is 34.9 Å². The fourth-order valence-corrected chi connectivity index (χ4v) is 5.71. The number of aryl methyl sites for hydroxylation is 1. The van der Waals surface area contributed by atoms with Crippen LogP contribution in [-0.4, -0.2) is 81.8 Å². The summed E-state index contributed by atoms with van der Waals surface area (Å²) in [4.78, 5) is 38.3. The molecule has 0 bridgehead atoms. The fraction of sp³-hybridized carbons (Fsp3) is 0.278. The summed E-state index contributed by atoms with van der Waals surface area (Å²) < 4.78 is 1.44. The number of oxime groups is 1. The predicted molar refractivity (Wildman–Crippen MR) is 113 cm³/mol. The number of carbonyl (C=O) groups is 3. The zero-order chi connectivity index (χ0) is 23.7. The van der Waals surface area contributed by atoms with Gasteiger partial charge in [-0.2, -0.15) is 0 Å². The monoisotopic (exact) mass is 513 g/mol. The van der Waals surface area contributed by atoms with Gasteiger partial charge in [-0.25, -0.2) is 4.68 Å². The van der Waals surface area contributed by atoms with Crippen molar-refractivity contribution in [1.82, 2.24) is 30.4 Å². The summed E-state index contributed by atoms with van der Waals surface area (Å²) in [6, 6.07) is 4.50. The average molecular weight is 513 g/mol. The summed E-state index contributed by atoms with van der Waals surface area (Å²) in [5.74, 6) is -2.59. The van der Waals surface area contributed by atoms with E-state index in [1.807, 2.05) is 0 Å². The molecule has 172 valence electrons. The number of aromatic nitrogens is 4. The van der Waals surface area contributed by atoms with Gasteiger partial charge in [0, 0.05) is 24.1 Å². The first-order valence-corrected chi connectivity index (χ1v) is 11.4. The second-order valence-corrected chi connectivity index (χ2v) is 9.02. The molecule has 2 aliphatic rings. The number of nitrogens with zero attached hydrogens (tertiary/aromatic N) is 6. The number of hydrogen-bond donors (Lipinski definition) is 3. The Balaban J connectivity index is 0.00000324. The zero-order valence-corrected chi connectivity index (χ0v) is 21.5. The van der Waals surface area contributed by atoms with Gasteiger partial charge in [0.1, 0.15) is 17.2 Å². The Morgan fingerprint density at radius 2 is 2.18 bits per heavy atom. The number of nitrogens with one attached hydrogen (secondary N) is 1. The van der Waals surface area contributed by atoms with Gasteiger partial charge in [0.15, 0.2) is 5.71 Å². The van der Waals surface area contributed by atoms with Gasteiger partial charge < -0.3 is 25.5 Å². The summed E-state index contributed by atoms with van der Waals surface area (Å²) in [5, 5.41) is 47.0. The molecule has 2 atom stereocenters. The standard InChI is InChI=1S/C18H17N7O6S2.Na/c1-24-18(20-22-23-24)33-7-9-6-32-16-12(15(28)25(16)13(9)17(29)30)19-14(27)11(21-31)8-3-2-4-10(26)5-8;/h2-5,12,16,26,31H,6-7H2,1H3,(H,19,27)(H,29,30);/q;+1/p-1/b21-11+;/t12?,16-;/m1./s1. The molecule has 13 nitrogen and oxygen atoms in total. The van der Waals surface area contributed by atoms with E-state index in [0.717, 1.165) is 4.90 Å². The Kier molecular flexibility index (Phi) is 8.25. The van der Waals surface area contributed by atoms with Gasteiger partial charge >= 0.3 is 29.6 Å². The van der Waals surface area contributed by atoms with Crippen molar-refractivity contribution >= 4 is 47.0 Å². The third kappa shape index (κ3) is 4.93. The van der Waals surface area contributed by atoms with Crippen LogP contribution in [0.25, 0.3) is 0 Å². The number of phenols is 1. The van der Waals surface area contributed by atoms with Crippen LogP contribution in [-0.2, 0) is 21.4 Å². The number of aromatic hydroxyl groups is 1. The van der Waals surface area contributed by atoms with Crippen LogP contribution in [0.3, 0.4) is 0 Å². The van der Waals surface area contributed by atoms with Crippen molar-refractivity contribution in [2.24, 2.45) is 12.2 Å². The molecule has 3 heterocycles. The van der Waals surface area contributed by atoms with Gasteiger partial charge in [-0.1, -0.05) is 29.1 Å². The molecule has 0 spiro atoms. The number of hydrogen-bond acceptors (Lipinski definition) is 12. The normalized spacial score (nSPS) is 19.7. The van der Waals surface area contributed by atoms with E-state index in [-0.39, 0.29) is 58.1 Å². The van der Waals surface area contributed by atoms with E-state index in [0.29, 0.717) is 10.7 Å². The maximum atomic E-state index is 12.8. The molecule has 34 heavy (non-hydrogen) atoms. The molecule has 2 aromatic rings. The molecular formula is C18H16N7NaO6S2. The quantitative estimate of drug-likeness (QED) is 0.0806. The molecule has 1 aromatic heterocycles. The van der Waals surface area contributed by atoms with E-state index in [1.165, 1.54) is 52.5 Å². The molecule has 16 heteroatoms. The molecule has 0 radical (unpaired) electrons. The Morgan fingerprint density at radius 1 is 1.41 bits per heavy atom. The van der Waals surface area contributed by atoms with Crippen LogP contribution < -0.4 is 40.0 Å². The van der Waals surface area contributed by atoms with Crippen LogP contribution in [0.2, 0.25) is 0 Å². The Labute approximate surface area is 222 Å². The van der Waals surface area contributed by atoms with Crippen LogP contribution >= 0.6 is 23.5 Å². The summed E-state index contributed by atoms with van der Waals surface area (Å²) in [5.41, 5.74) is -0.0218. The molecule has 1 unspecified atom stereocenters. The Hall–Kier alpha value is -2.59. The van der Waals surface area contributed by atoms with Crippen molar-refractivity contribution in [2.45, 2.75) is 16.6 Å². The first kappa shape index (κ1) is 26.0. The van der Waals surface area contributed by atoms with Crippen molar-refractivity contribution in [1.29, 1.82) is 0 Å². The third-order valence-corrected chi connectivity index (χ3v) is 7.36. The molecule has 3 N–H and O–H groups in total. The van der Waals surface area contributed by atoms with E-state index >= 15 is 0 Å². The minimum Gasteiger partial charge on any atom is -0.543 e. The van der Waals surface area contributed by atoms with Gasteiger partial charge in [-0.15, -0.1) is 16.9 Å². The summed E-state index contributed by atoms with van der Waals surface area (Å²) in [7, 11) is 1.65. The molecule has 2 amide bonds. The maximum Gasteiger partial charge on any atom is 1.00 e. The number of thioether (sulfide) groups is 2. The van der Waals surface area contributed by atoms with Crippen molar-refractivity contribution in [3.8, 4) is 5.75 Å². The molecule has 1 aromatic carbocycles. The Morgan fingerprint density at radius 3 is 2.79 bits per heavy atom. The second kappa shape index (κ2) is 10.8. The molecular weight excluding hydrogens is 497 g/mol. The minimum atomic E-state index is -1.50. The van der Waals surface area contributed by atoms with E-state index in [4.69, 9.17) is 0 Å². The van der Waals surface area contributed by atoms with Gasteiger partial charge in [0.2, 0.25) is 5.16 Å². The Bertz CT molecular complexity index is 1200. The van der Waals surface area contributed by atoms with Crippen LogP contribution in [0.5, 0.6) is 5.75 Å². The van der Waals surface area contributed by atoms with Crippen molar-refractivity contribution < 1.29 is 59.4 Å². The summed E-state index contributed by atoms with van der Waals surface area (Å²) in [6.45, 7) is 0. The SMILES string of the molecule is Cn1nnnc1SCC1=C(C(=O)[O-])N2C(=O)C(NC(=O)/C(=N/O)c3cccc(O)c3)[C@H]2SC1.[Na+]. The maximum absolute atomic E-state index is 12.8. The summed E-state index contributed by atoms with van der Waals surface area (Å²) in [6.07, 6.45) is 0. The molecule has 1 fully saturated rings. The van der Waals surface area contributed by atoms with Crippen molar-refractivity contribution in [2.75, 3.05) is 11.5 Å². The smallest absolute Gasteiger partial charge is 0.543 e. The van der Waals surface area contributed by atoms with E-state index in [9.17, 15) is 29.8 Å². The van der Waals surface area contributed by atoms with Crippen LogP contribution in [0.4, 0.5) is 0 Å². The number of amides is 2. The number of carboxylic acid groups (broad SMARTS) is 1. The van der Waals surface area contributed by atoms with Crippen LogP contribution in [0.15, 0.2) is 45.8 Å². The molecule has 2 aliphatic heterocycles. The number of phenolic OH excluding ortho intramolecular Hbond substituents is 1. The molecule has 0 aliphatic carbocycles. The van der Waals surface area contributed by atoms with Gasteiger partial charge in [-0.05, 0) is 28.1 Å². The summed E-state index contributed by atoms with van der Waals surface area (Å²) >= 11 is 2.50. The number of benzene rings is 1. The van der Waals surface area contributed by atoms with Crippen LogP contribution in [0.1, 0.15) is 5.56 Å². The zero-order valence-electron chi connectivity index (χ0n) is 17.9. The van der Waals surface area contributed by atoms with Crippen molar-refractivity contribution in [3.05, 3.63) is 41.1 Å². The average Bonchev–Trinajstić information content (AvgIpc) is 3.20. The topological polar surface area (TPSA) is 186 Å². The second-order valence-electron chi connectivity index (χ2n) is 6.97. The number of fused-ring (bicyclic) bond motifs is 1. The number of rotatable bonds is 7. The van der Waals surface area contributed by atoms with Gasteiger partial charge in [-0.3, -0.25) is 14.5 Å². The van der Waals surface area contributed by atoms with Gasteiger partial charge in [0.05, 0.1) is 11.7 Å². The third-order valence-electron chi connectivity index (χ3n) is 4.92. The van der Waals surface area contributed by atoms with Crippen molar-refractivity contribution in [3.63, 3.8) is 0 Å². The fourth-order valence-electron chi connectivity index (χ4n) is 3.37. The largest absolute Gasteiger partial charge is 1.00 e. The number of aliphatic carboxylic acids is 1. The molecule has 0 saturated carbocycles. The number of tetrazole rings is 1. The number of carboxylic acids is 1. The van der Waals surface area contributed by atoms with Gasteiger partial charge in [0.25, 0.3) is 11.8 Å². The van der Waals surface area contributed by atoms with Crippen LogP contribution in [0, 0.1) is 0 Å². The molecule has 1 saturated heterocycles. The minimum absolute atomic E-state index is 0. The predicted octanol–water partition coefficient (Wildman–Crippen LogP) is -4.71.